The van der Waals surface area contributed by atoms with Gasteiger partial charge in [0.1, 0.15) is 11.3 Å². The summed E-state index contributed by atoms with van der Waals surface area (Å²) in [6.07, 6.45) is 0. The maximum absolute atomic E-state index is 14.2. The van der Waals surface area contributed by atoms with Crippen molar-refractivity contribution in [2.75, 3.05) is 31.1 Å². The van der Waals surface area contributed by atoms with E-state index in [1.165, 1.54) is 6.07 Å². The summed E-state index contributed by atoms with van der Waals surface area (Å²) in [5.41, 5.74) is 2.63. The molecule has 0 atom stereocenters. The lowest BCUT2D eigenvalue weighted by Gasteiger charge is -2.25. The molecule has 0 saturated heterocycles. The van der Waals surface area contributed by atoms with Crippen LogP contribution in [0, 0.1) is 25.5 Å². The van der Waals surface area contributed by atoms with Crippen molar-refractivity contribution in [3.63, 3.8) is 0 Å². The van der Waals surface area contributed by atoms with Crippen LogP contribution in [0.25, 0.3) is 10.2 Å². The first-order valence-corrected chi connectivity index (χ1v) is 10.5. The van der Waals surface area contributed by atoms with E-state index in [2.05, 4.69) is 23.7 Å². The van der Waals surface area contributed by atoms with Crippen LogP contribution in [0.3, 0.4) is 0 Å². The number of aromatic nitrogens is 1. The molecule has 2 aromatic carbocycles. The van der Waals surface area contributed by atoms with Crippen molar-refractivity contribution in [2.24, 2.45) is 0 Å². The van der Waals surface area contributed by atoms with Crippen LogP contribution in [-0.4, -0.2) is 42.0 Å². The van der Waals surface area contributed by atoms with Crippen molar-refractivity contribution >= 4 is 32.6 Å². The molecule has 3 rings (SSSR count). The lowest BCUT2D eigenvalue weighted by atomic mass is 10.0. The summed E-state index contributed by atoms with van der Waals surface area (Å²) in [7, 11) is 0. The van der Waals surface area contributed by atoms with Crippen molar-refractivity contribution in [1.29, 1.82) is 0 Å². The van der Waals surface area contributed by atoms with Gasteiger partial charge in [0.25, 0.3) is 5.91 Å². The Kier molecular flexibility index (Phi) is 6.59. The minimum absolute atomic E-state index is 0.0904. The van der Waals surface area contributed by atoms with E-state index in [1.54, 1.807) is 4.90 Å². The Balaban J connectivity index is 2.02. The third kappa shape index (κ3) is 4.62. The first kappa shape index (κ1) is 21.3. The summed E-state index contributed by atoms with van der Waals surface area (Å²) >= 11 is 1.13. The van der Waals surface area contributed by atoms with Crippen LogP contribution < -0.4 is 4.90 Å². The lowest BCUT2D eigenvalue weighted by Crippen LogP contribution is -2.39. The maximum Gasteiger partial charge on any atom is 0.260 e. The molecular formula is C22H25F2N3OS. The van der Waals surface area contributed by atoms with Gasteiger partial charge >= 0.3 is 0 Å². The van der Waals surface area contributed by atoms with E-state index in [-0.39, 0.29) is 11.4 Å². The van der Waals surface area contributed by atoms with Crippen LogP contribution in [0.5, 0.6) is 0 Å². The van der Waals surface area contributed by atoms with Crippen LogP contribution in [0.4, 0.5) is 13.9 Å². The molecule has 0 unspecified atom stereocenters. The van der Waals surface area contributed by atoms with Crippen molar-refractivity contribution < 1.29 is 13.6 Å². The third-order valence-corrected chi connectivity index (χ3v) is 6.05. The van der Waals surface area contributed by atoms with Gasteiger partial charge in [-0.05, 0) is 44.6 Å². The first-order chi connectivity index (χ1) is 13.8. The number of rotatable bonds is 7. The van der Waals surface area contributed by atoms with E-state index in [0.29, 0.717) is 28.5 Å². The summed E-state index contributed by atoms with van der Waals surface area (Å²) in [5, 5.41) is 0.377. The summed E-state index contributed by atoms with van der Waals surface area (Å²) in [4.78, 5) is 21.5. The van der Waals surface area contributed by atoms with Crippen LogP contribution in [0.2, 0.25) is 0 Å². The van der Waals surface area contributed by atoms with E-state index in [4.69, 9.17) is 0 Å². The Morgan fingerprint density at radius 1 is 1.07 bits per heavy atom. The number of anilines is 1. The second-order valence-electron chi connectivity index (χ2n) is 7.03. The fourth-order valence-electron chi connectivity index (χ4n) is 3.33. The fraction of sp³-hybridized carbons (Fsp3) is 0.364. The average molecular weight is 418 g/mol. The van der Waals surface area contributed by atoms with Gasteiger partial charge in [-0.15, -0.1) is 0 Å². The zero-order valence-electron chi connectivity index (χ0n) is 17.1. The molecule has 1 heterocycles. The number of carbonyl (C=O) groups is 1. The Morgan fingerprint density at radius 2 is 1.79 bits per heavy atom. The highest BCUT2D eigenvalue weighted by Gasteiger charge is 2.24. The molecule has 0 bridgehead atoms. The van der Waals surface area contributed by atoms with E-state index in [1.807, 2.05) is 32.0 Å². The van der Waals surface area contributed by atoms with Gasteiger partial charge in [0.15, 0.2) is 10.9 Å². The molecule has 0 radical (unpaired) electrons. The highest BCUT2D eigenvalue weighted by molar-refractivity contribution is 7.22. The zero-order valence-corrected chi connectivity index (χ0v) is 17.9. The molecule has 1 amide bonds. The molecular weight excluding hydrogens is 392 g/mol. The molecule has 0 fully saturated rings. The minimum Gasteiger partial charge on any atom is -0.302 e. The predicted molar refractivity (Wildman–Crippen MR) is 115 cm³/mol. The van der Waals surface area contributed by atoms with Gasteiger partial charge in [0, 0.05) is 24.7 Å². The highest BCUT2D eigenvalue weighted by Crippen LogP contribution is 2.32. The van der Waals surface area contributed by atoms with Crippen molar-refractivity contribution in [2.45, 2.75) is 27.7 Å². The number of thiazole rings is 1. The second-order valence-corrected chi connectivity index (χ2v) is 8.04. The molecule has 0 aliphatic heterocycles. The molecule has 4 nitrogen and oxygen atoms in total. The normalized spacial score (nSPS) is 11.4. The number of likely N-dealkylation sites (N-methyl/N-ethyl adjacent to an activating group) is 1. The predicted octanol–water partition coefficient (Wildman–Crippen LogP) is 5.18. The Hall–Kier alpha value is -2.38. The average Bonchev–Trinajstić information content (AvgIpc) is 3.09. The van der Waals surface area contributed by atoms with E-state index in [9.17, 15) is 13.6 Å². The molecule has 0 aliphatic rings. The molecule has 3 aromatic rings. The highest BCUT2D eigenvalue weighted by atomic mass is 32.1. The van der Waals surface area contributed by atoms with Crippen LogP contribution >= 0.6 is 11.3 Å². The molecule has 0 N–H and O–H groups in total. The van der Waals surface area contributed by atoms with Crippen molar-refractivity contribution in [3.05, 3.63) is 58.7 Å². The number of fused-ring (bicyclic) bond motifs is 1. The molecule has 154 valence electrons. The number of hydrogen-bond donors (Lipinski definition) is 0. The SMILES string of the molecule is CCN(CC)CCN(C(=O)c1ccc(C)cc1C)c1nc2c(F)cc(F)cc2s1. The molecule has 0 aliphatic carbocycles. The van der Waals surface area contributed by atoms with Crippen molar-refractivity contribution in [1.82, 2.24) is 9.88 Å². The Bertz CT molecular complexity index is 1030. The van der Waals surface area contributed by atoms with E-state index >= 15 is 0 Å². The number of aryl methyl sites for hydroxylation is 2. The topological polar surface area (TPSA) is 36.4 Å². The van der Waals surface area contributed by atoms with Crippen LogP contribution in [-0.2, 0) is 0 Å². The largest absolute Gasteiger partial charge is 0.302 e. The number of amides is 1. The second kappa shape index (κ2) is 8.97. The number of nitrogens with zero attached hydrogens (tertiary/aromatic N) is 3. The summed E-state index contributed by atoms with van der Waals surface area (Å²) in [6, 6.07) is 7.74. The molecule has 0 spiro atoms. The number of halogens is 2. The Labute approximate surface area is 173 Å². The van der Waals surface area contributed by atoms with Crippen molar-refractivity contribution in [3.8, 4) is 0 Å². The van der Waals surface area contributed by atoms with Crippen LogP contribution in [0.15, 0.2) is 30.3 Å². The van der Waals surface area contributed by atoms with Gasteiger partial charge in [-0.3, -0.25) is 9.69 Å². The van der Waals surface area contributed by atoms with Gasteiger partial charge < -0.3 is 4.90 Å². The van der Waals surface area contributed by atoms with Gasteiger partial charge in [0.2, 0.25) is 0 Å². The van der Waals surface area contributed by atoms with Gasteiger partial charge in [-0.25, -0.2) is 13.8 Å². The Morgan fingerprint density at radius 3 is 2.45 bits per heavy atom. The van der Waals surface area contributed by atoms with Crippen LogP contribution in [0.1, 0.15) is 35.3 Å². The summed E-state index contributed by atoms with van der Waals surface area (Å²) in [6.45, 7) is 10.8. The number of hydrogen-bond acceptors (Lipinski definition) is 4. The number of benzene rings is 2. The van der Waals surface area contributed by atoms with Gasteiger partial charge in [-0.2, -0.15) is 0 Å². The lowest BCUT2D eigenvalue weighted by molar-refractivity contribution is 0.0983. The summed E-state index contributed by atoms with van der Waals surface area (Å²) in [5.74, 6) is -1.56. The molecule has 7 heteroatoms. The quantitative estimate of drug-likeness (QED) is 0.531. The molecule has 0 saturated carbocycles. The zero-order chi connectivity index (χ0) is 21.1. The van der Waals surface area contributed by atoms with E-state index < -0.39 is 11.6 Å². The van der Waals surface area contributed by atoms with Gasteiger partial charge in [-0.1, -0.05) is 42.9 Å². The smallest absolute Gasteiger partial charge is 0.260 e. The third-order valence-electron chi connectivity index (χ3n) is 5.02. The fourth-order valence-corrected chi connectivity index (χ4v) is 4.35. The molecule has 29 heavy (non-hydrogen) atoms. The number of carbonyl (C=O) groups excluding carboxylic acids is 1. The van der Waals surface area contributed by atoms with E-state index in [0.717, 1.165) is 41.6 Å². The standard InChI is InChI=1S/C22H25F2N3OS/c1-5-26(6-2)9-10-27(21(28)17-8-7-14(3)11-15(17)4)22-25-20-18(24)12-16(23)13-19(20)29-22/h7-8,11-13H,5-6,9-10H2,1-4H3. The monoisotopic (exact) mass is 417 g/mol. The maximum atomic E-state index is 14.2. The first-order valence-electron chi connectivity index (χ1n) is 9.71. The molecule has 1 aromatic heterocycles. The van der Waals surface area contributed by atoms with Gasteiger partial charge in [0.05, 0.1) is 4.70 Å². The minimum atomic E-state index is -0.717. The summed E-state index contributed by atoms with van der Waals surface area (Å²) < 4.78 is 28.2.